The summed E-state index contributed by atoms with van der Waals surface area (Å²) in [5, 5.41) is 12.0. The van der Waals surface area contributed by atoms with Crippen molar-refractivity contribution >= 4 is 33.4 Å². The minimum absolute atomic E-state index is 0.139. The molecule has 0 fully saturated rings. The number of halogens is 2. The second-order valence-electron chi connectivity index (χ2n) is 4.81. The van der Waals surface area contributed by atoms with E-state index in [1.165, 1.54) is 0 Å². The zero-order valence-corrected chi connectivity index (χ0v) is 14.5. The van der Waals surface area contributed by atoms with Crippen molar-refractivity contribution in [2.24, 2.45) is 7.05 Å². The summed E-state index contributed by atoms with van der Waals surface area (Å²) in [4.78, 5) is 12.1. The van der Waals surface area contributed by atoms with Crippen molar-refractivity contribution in [3.63, 3.8) is 0 Å². The van der Waals surface area contributed by atoms with E-state index in [0.717, 1.165) is 22.3 Å². The van der Waals surface area contributed by atoms with Crippen molar-refractivity contribution in [3.8, 4) is 0 Å². The highest BCUT2D eigenvalue weighted by atomic mass is 79.9. The van der Waals surface area contributed by atoms with E-state index in [1.807, 2.05) is 13.8 Å². The lowest BCUT2D eigenvalue weighted by Crippen LogP contribution is -2.27. The number of hydrogen-bond donors (Lipinski definition) is 1. The lowest BCUT2D eigenvalue weighted by Gasteiger charge is -2.06. The number of nitrogens with one attached hydrogen (secondary N) is 1. The third-order valence-electron chi connectivity index (χ3n) is 3.10. The Morgan fingerprint density at radius 3 is 2.62 bits per heavy atom. The van der Waals surface area contributed by atoms with Gasteiger partial charge in [0.1, 0.15) is 5.69 Å². The van der Waals surface area contributed by atoms with Gasteiger partial charge >= 0.3 is 0 Å². The average Bonchev–Trinajstić information content (AvgIpc) is 2.86. The van der Waals surface area contributed by atoms with E-state index in [4.69, 9.17) is 11.6 Å². The van der Waals surface area contributed by atoms with Gasteiger partial charge in [0.25, 0.3) is 5.91 Å². The predicted octanol–water partition coefficient (Wildman–Crippen LogP) is 2.47. The van der Waals surface area contributed by atoms with E-state index in [0.29, 0.717) is 23.8 Å². The van der Waals surface area contributed by atoms with Crippen LogP contribution in [0.15, 0.2) is 10.7 Å². The highest BCUT2D eigenvalue weighted by molar-refractivity contribution is 9.10. The van der Waals surface area contributed by atoms with Crippen molar-refractivity contribution in [1.82, 2.24) is 24.9 Å². The molecule has 0 aromatic carbocycles. The van der Waals surface area contributed by atoms with Crippen molar-refractivity contribution in [2.75, 3.05) is 6.54 Å². The highest BCUT2D eigenvalue weighted by Crippen LogP contribution is 2.19. The first kappa shape index (κ1) is 16.0. The molecule has 0 bridgehead atoms. The van der Waals surface area contributed by atoms with Crippen molar-refractivity contribution < 1.29 is 4.79 Å². The molecule has 0 saturated heterocycles. The number of carbonyl (C=O) groups excluding carboxylic acids is 1. The van der Waals surface area contributed by atoms with E-state index in [-0.39, 0.29) is 5.91 Å². The molecule has 0 aliphatic carbocycles. The van der Waals surface area contributed by atoms with E-state index < -0.39 is 0 Å². The Morgan fingerprint density at radius 1 is 1.38 bits per heavy atom. The van der Waals surface area contributed by atoms with Gasteiger partial charge < -0.3 is 5.32 Å². The van der Waals surface area contributed by atoms with Crippen molar-refractivity contribution in [1.29, 1.82) is 0 Å². The van der Waals surface area contributed by atoms with Gasteiger partial charge in [0.2, 0.25) is 0 Å². The molecule has 114 valence electrons. The van der Waals surface area contributed by atoms with Crippen LogP contribution in [0.3, 0.4) is 0 Å². The Hall–Kier alpha value is -1.34. The van der Waals surface area contributed by atoms with Crippen LogP contribution in [0.25, 0.3) is 0 Å². The topological polar surface area (TPSA) is 64.7 Å². The molecule has 21 heavy (non-hydrogen) atoms. The molecule has 0 atom stereocenters. The first-order chi connectivity index (χ1) is 9.90. The third-order valence-corrected chi connectivity index (χ3v) is 4.42. The molecule has 1 amide bonds. The van der Waals surface area contributed by atoms with Crippen molar-refractivity contribution in [3.05, 3.63) is 32.8 Å². The molecule has 6 nitrogen and oxygen atoms in total. The van der Waals surface area contributed by atoms with Gasteiger partial charge in [-0.25, -0.2) is 0 Å². The maximum absolute atomic E-state index is 12.1. The van der Waals surface area contributed by atoms with Gasteiger partial charge in [0.15, 0.2) is 0 Å². The van der Waals surface area contributed by atoms with E-state index >= 15 is 0 Å². The molecule has 0 radical (unpaired) electrons. The molecule has 2 rings (SSSR count). The molecule has 2 aromatic rings. The number of aryl methyl sites for hydroxylation is 4. The molecule has 0 aliphatic heterocycles. The number of amides is 1. The molecule has 0 aliphatic rings. The lowest BCUT2D eigenvalue weighted by atomic mass is 10.3. The third kappa shape index (κ3) is 3.65. The molecular weight excluding hydrogens is 358 g/mol. The van der Waals surface area contributed by atoms with Gasteiger partial charge in [-0.3, -0.25) is 14.2 Å². The van der Waals surface area contributed by atoms with Crippen LogP contribution in [0.5, 0.6) is 0 Å². The number of nitrogens with zero attached hydrogens (tertiary/aromatic N) is 4. The maximum atomic E-state index is 12.1. The van der Waals surface area contributed by atoms with Gasteiger partial charge in [-0.05, 0) is 36.2 Å². The first-order valence-electron chi connectivity index (χ1n) is 6.57. The Balaban J connectivity index is 1.84. The fourth-order valence-corrected chi connectivity index (χ4v) is 2.68. The van der Waals surface area contributed by atoms with Gasteiger partial charge in [0.05, 0.1) is 20.9 Å². The largest absolute Gasteiger partial charge is 0.351 e. The molecule has 8 heteroatoms. The summed E-state index contributed by atoms with van der Waals surface area (Å²) in [5.41, 5.74) is 2.14. The van der Waals surface area contributed by atoms with Crippen LogP contribution >= 0.6 is 27.5 Å². The Kier molecular flexibility index (Phi) is 5.05. The highest BCUT2D eigenvalue weighted by Gasteiger charge is 2.17. The van der Waals surface area contributed by atoms with Gasteiger partial charge in [-0.15, -0.1) is 0 Å². The molecular formula is C13H17BrClN5O. The fraction of sp³-hybridized carbons (Fsp3) is 0.462. The maximum Gasteiger partial charge on any atom is 0.270 e. The van der Waals surface area contributed by atoms with Crippen LogP contribution < -0.4 is 5.32 Å². The zero-order chi connectivity index (χ0) is 15.6. The van der Waals surface area contributed by atoms with Crippen LogP contribution in [0, 0.1) is 13.8 Å². The molecule has 2 aromatic heterocycles. The van der Waals surface area contributed by atoms with Crippen molar-refractivity contribution in [2.45, 2.75) is 26.8 Å². The zero-order valence-electron chi connectivity index (χ0n) is 12.2. The quantitative estimate of drug-likeness (QED) is 0.818. The standard InChI is InChI=1S/C13H17BrClN5O/c1-8-10(15)7-20(18-8)6-4-5-16-13(21)12-11(14)9(2)17-19(12)3/h7H,4-6H2,1-3H3,(H,16,21). The van der Waals surface area contributed by atoms with Crippen LogP contribution in [0.2, 0.25) is 5.02 Å². The van der Waals surface area contributed by atoms with E-state index in [2.05, 4.69) is 31.4 Å². The van der Waals surface area contributed by atoms with E-state index in [1.54, 1.807) is 22.6 Å². The second-order valence-corrected chi connectivity index (χ2v) is 6.01. The molecule has 1 N–H and O–H groups in total. The number of carbonyl (C=O) groups is 1. The summed E-state index contributed by atoms with van der Waals surface area (Å²) in [6.45, 7) is 4.99. The number of hydrogen-bond acceptors (Lipinski definition) is 3. The first-order valence-corrected chi connectivity index (χ1v) is 7.74. The average molecular weight is 375 g/mol. The SMILES string of the molecule is Cc1nn(CCCNC(=O)c2c(Br)c(C)nn2C)cc1Cl. The van der Waals surface area contributed by atoms with E-state index in [9.17, 15) is 4.79 Å². The number of aromatic nitrogens is 4. The minimum atomic E-state index is -0.139. The smallest absolute Gasteiger partial charge is 0.270 e. The Morgan fingerprint density at radius 2 is 2.10 bits per heavy atom. The van der Waals surface area contributed by atoms with Crippen LogP contribution in [0.1, 0.15) is 28.3 Å². The van der Waals surface area contributed by atoms with Gasteiger partial charge in [0, 0.05) is 26.3 Å². The lowest BCUT2D eigenvalue weighted by molar-refractivity contribution is 0.0942. The monoisotopic (exact) mass is 373 g/mol. The normalized spacial score (nSPS) is 10.9. The Labute approximate surface area is 136 Å². The summed E-state index contributed by atoms with van der Waals surface area (Å²) in [5.74, 6) is -0.139. The van der Waals surface area contributed by atoms with Crippen LogP contribution in [-0.2, 0) is 13.6 Å². The van der Waals surface area contributed by atoms with Crippen LogP contribution in [0.4, 0.5) is 0 Å². The van der Waals surface area contributed by atoms with Gasteiger partial charge in [-0.2, -0.15) is 10.2 Å². The number of rotatable bonds is 5. The molecule has 0 spiro atoms. The summed E-state index contributed by atoms with van der Waals surface area (Å²) in [6.07, 6.45) is 2.57. The summed E-state index contributed by atoms with van der Waals surface area (Å²) in [7, 11) is 1.75. The minimum Gasteiger partial charge on any atom is -0.351 e. The fourth-order valence-electron chi connectivity index (χ4n) is 2.01. The Bertz CT molecular complexity index is 644. The molecule has 2 heterocycles. The summed E-state index contributed by atoms with van der Waals surface area (Å²) < 4.78 is 4.09. The van der Waals surface area contributed by atoms with Gasteiger partial charge in [-0.1, -0.05) is 11.6 Å². The molecule has 0 saturated carbocycles. The molecule has 0 unspecified atom stereocenters. The summed E-state index contributed by atoms with van der Waals surface area (Å²) in [6, 6.07) is 0. The summed E-state index contributed by atoms with van der Waals surface area (Å²) >= 11 is 9.33. The van der Waals surface area contributed by atoms with Crippen LogP contribution in [-0.4, -0.2) is 32.0 Å². The second kappa shape index (κ2) is 6.62. The predicted molar refractivity (Wildman–Crippen MR) is 84.6 cm³/mol.